The lowest BCUT2D eigenvalue weighted by Crippen LogP contribution is -2.55. The fraction of sp³-hybridized carbons (Fsp3) is 0.500. The van der Waals surface area contributed by atoms with Gasteiger partial charge in [-0.25, -0.2) is 4.98 Å². The standard InChI is InChI=1S/C10H14BrN5O/c1-2-6-9(17)13-3-4-16(6)10-14-7(11)5-8(12)15-10/h5-6H,2-4H2,1H3,(H,13,17)(H2,12,14,15). The van der Waals surface area contributed by atoms with Gasteiger partial charge in [0.25, 0.3) is 0 Å². The number of hydrogen-bond acceptors (Lipinski definition) is 5. The van der Waals surface area contributed by atoms with Gasteiger partial charge in [0.05, 0.1) is 0 Å². The number of anilines is 2. The first-order valence-electron chi connectivity index (χ1n) is 5.46. The van der Waals surface area contributed by atoms with Gasteiger partial charge in [0.1, 0.15) is 16.5 Å². The topological polar surface area (TPSA) is 84.1 Å². The Morgan fingerprint density at radius 1 is 1.65 bits per heavy atom. The van der Waals surface area contributed by atoms with Crippen molar-refractivity contribution >= 4 is 33.6 Å². The summed E-state index contributed by atoms with van der Waals surface area (Å²) in [7, 11) is 0. The van der Waals surface area contributed by atoms with E-state index in [1.54, 1.807) is 6.07 Å². The first-order chi connectivity index (χ1) is 8.11. The van der Waals surface area contributed by atoms with Gasteiger partial charge in [0.15, 0.2) is 0 Å². The van der Waals surface area contributed by atoms with E-state index in [0.29, 0.717) is 35.9 Å². The van der Waals surface area contributed by atoms with Gasteiger partial charge in [-0.3, -0.25) is 4.79 Å². The number of hydrogen-bond donors (Lipinski definition) is 2. The van der Waals surface area contributed by atoms with Crippen molar-refractivity contribution in [2.24, 2.45) is 0 Å². The van der Waals surface area contributed by atoms with Crippen LogP contribution in [0.4, 0.5) is 11.8 Å². The number of nitrogens with zero attached hydrogens (tertiary/aromatic N) is 3. The molecule has 0 saturated carbocycles. The van der Waals surface area contributed by atoms with Gasteiger partial charge in [-0.2, -0.15) is 4.98 Å². The van der Waals surface area contributed by atoms with E-state index >= 15 is 0 Å². The first-order valence-corrected chi connectivity index (χ1v) is 6.25. The highest BCUT2D eigenvalue weighted by Gasteiger charge is 2.30. The van der Waals surface area contributed by atoms with Gasteiger partial charge in [-0.15, -0.1) is 0 Å². The van der Waals surface area contributed by atoms with E-state index in [4.69, 9.17) is 5.73 Å². The summed E-state index contributed by atoms with van der Waals surface area (Å²) in [4.78, 5) is 22.1. The summed E-state index contributed by atoms with van der Waals surface area (Å²) in [5.74, 6) is 0.905. The van der Waals surface area contributed by atoms with E-state index in [9.17, 15) is 4.79 Å². The lowest BCUT2D eigenvalue weighted by atomic mass is 10.1. The van der Waals surface area contributed by atoms with Crippen molar-refractivity contribution in [2.45, 2.75) is 19.4 Å². The van der Waals surface area contributed by atoms with E-state index < -0.39 is 0 Å². The number of carbonyl (C=O) groups excluding carboxylic acids is 1. The zero-order valence-corrected chi connectivity index (χ0v) is 11.1. The summed E-state index contributed by atoms with van der Waals surface area (Å²) in [6.07, 6.45) is 0.710. The molecule has 3 N–H and O–H groups in total. The van der Waals surface area contributed by atoms with E-state index in [-0.39, 0.29) is 11.9 Å². The molecular formula is C10H14BrN5O. The fourth-order valence-electron chi connectivity index (χ4n) is 1.91. The summed E-state index contributed by atoms with van der Waals surface area (Å²) < 4.78 is 0.626. The molecule has 0 spiro atoms. The van der Waals surface area contributed by atoms with Crippen LogP contribution in [-0.4, -0.2) is 35.0 Å². The highest BCUT2D eigenvalue weighted by atomic mass is 79.9. The quantitative estimate of drug-likeness (QED) is 0.779. The Morgan fingerprint density at radius 3 is 3.06 bits per heavy atom. The highest BCUT2D eigenvalue weighted by molar-refractivity contribution is 9.10. The molecule has 0 aliphatic carbocycles. The molecule has 1 fully saturated rings. The predicted octanol–water partition coefficient (Wildman–Crippen LogP) is 0.536. The monoisotopic (exact) mass is 299 g/mol. The third kappa shape index (κ3) is 2.49. The van der Waals surface area contributed by atoms with Gasteiger partial charge in [-0.05, 0) is 22.4 Å². The van der Waals surface area contributed by atoms with Crippen LogP contribution in [0.25, 0.3) is 0 Å². The molecule has 1 amide bonds. The average Bonchev–Trinajstić information content (AvgIpc) is 2.27. The smallest absolute Gasteiger partial charge is 0.242 e. The van der Waals surface area contributed by atoms with Crippen molar-refractivity contribution in [3.63, 3.8) is 0 Å². The minimum absolute atomic E-state index is 0.0147. The summed E-state index contributed by atoms with van der Waals surface area (Å²) in [6, 6.07) is 1.41. The molecule has 1 aromatic heterocycles. The Kier molecular flexibility index (Phi) is 3.46. The largest absolute Gasteiger partial charge is 0.383 e. The molecule has 1 saturated heterocycles. The number of amides is 1. The van der Waals surface area contributed by atoms with Gasteiger partial charge in [-0.1, -0.05) is 6.92 Å². The number of nitrogen functional groups attached to an aromatic ring is 1. The molecule has 17 heavy (non-hydrogen) atoms. The lowest BCUT2D eigenvalue weighted by Gasteiger charge is -2.34. The van der Waals surface area contributed by atoms with Gasteiger partial charge in [0, 0.05) is 19.2 Å². The second-order valence-corrected chi connectivity index (χ2v) is 4.64. The van der Waals surface area contributed by atoms with Crippen molar-refractivity contribution < 1.29 is 4.79 Å². The molecule has 1 aliphatic heterocycles. The molecule has 1 aliphatic rings. The zero-order chi connectivity index (χ0) is 12.4. The number of halogens is 1. The maximum Gasteiger partial charge on any atom is 0.242 e. The number of nitrogens with two attached hydrogens (primary N) is 1. The van der Waals surface area contributed by atoms with Crippen molar-refractivity contribution in [1.82, 2.24) is 15.3 Å². The number of aromatic nitrogens is 2. The van der Waals surface area contributed by atoms with E-state index in [2.05, 4.69) is 31.2 Å². The van der Waals surface area contributed by atoms with Crippen LogP contribution in [0.15, 0.2) is 10.7 Å². The van der Waals surface area contributed by atoms with Crippen LogP contribution in [0.2, 0.25) is 0 Å². The van der Waals surface area contributed by atoms with E-state index in [1.165, 1.54) is 0 Å². The van der Waals surface area contributed by atoms with Gasteiger partial charge in [0.2, 0.25) is 11.9 Å². The van der Waals surface area contributed by atoms with E-state index in [1.807, 2.05) is 11.8 Å². The molecule has 92 valence electrons. The predicted molar refractivity (Wildman–Crippen MR) is 68.6 cm³/mol. The Labute approximate surface area is 108 Å². The zero-order valence-electron chi connectivity index (χ0n) is 9.48. The van der Waals surface area contributed by atoms with Crippen LogP contribution in [0.1, 0.15) is 13.3 Å². The minimum atomic E-state index is -0.225. The molecule has 0 radical (unpaired) electrons. The number of rotatable bonds is 2. The molecule has 7 heteroatoms. The third-order valence-electron chi connectivity index (χ3n) is 2.68. The molecule has 0 aromatic carbocycles. The minimum Gasteiger partial charge on any atom is -0.383 e. The lowest BCUT2D eigenvalue weighted by molar-refractivity contribution is -0.123. The second kappa shape index (κ2) is 4.87. The fourth-order valence-corrected chi connectivity index (χ4v) is 2.30. The Morgan fingerprint density at radius 2 is 2.41 bits per heavy atom. The Bertz CT molecular complexity index is 418. The summed E-state index contributed by atoms with van der Waals surface area (Å²) in [5.41, 5.74) is 5.68. The number of carbonyl (C=O) groups is 1. The summed E-state index contributed by atoms with van der Waals surface area (Å²) >= 11 is 3.28. The summed E-state index contributed by atoms with van der Waals surface area (Å²) in [6.45, 7) is 3.26. The van der Waals surface area contributed by atoms with Crippen molar-refractivity contribution in [3.05, 3.63) is 10.7 Å². The van der Waals surface area contributed by atoms with E-state index in [0.717, 1.165) is 0 Å². The molecule has 1 aromatic rings. The maximum absolute atomic E-state index is 11.7. The van der Waals surface area contributed by atoms with Crippen LogP contribution in [0.5, 0.6) is 0 Å². The Balaban J connectivity index is 2.33. The molecule has 0 bridgehead atoms. The van der Waals surface area contributed by atoms with Crippen LogP contribution in [0.3, 0.4) is 0 Å². The molecular weight excluding hydrogens is 286 g/mol. The van der Waals surface area contributed by atoms with Gasteiger partial charge < -0.3 is 16.0 Å². The molecule has 6 nitrogen and oxygen atoms in total. The molecule has 2 heterocycles. The number of piperazine rings is 1. The SMILES string of the molecule is CCC1C(=O)NCCN1c1nc(N)cc(Br)n1. The average molecular weight is 300 g/mol. The van der Waals surface area contributed by atoms with Crippen LogP contribution >= 0.6 is 15.9 Å². The highest BCUT2D eigenvalue weighted by Crippen LogP contribution is 2.20. The second-order valence-electron chi connectivity index (χ2n) is 3.82. The summed E-state index contributed by atoms with van der Waals surface area (Å²) in [5, 5.41) is 2.83. The molecule has 1 unspecified atom stereocenters. The molecule has 2 rings (SSSR count). The van der Waals surface area contributed by atoms with Crippen molar-refractivity contribution in [1.29, 1.82) is 0 Å². The van der Waals surface area contributed by atoms with Gasteiger partial charge >= 0.3 is 0 Å². The Hall–Kier alpha value is -1.37. The number of nitrogens with one attached hydrogen (secondary N) is 1. The molecule has 1 atom stereocenters. The van der Waals surface area contributed by atoms with Crippen LogP contribution in [0, 0.1) is 0 Å². The normalized spacial score (nSPS) is 20.2. The van der Waals surface area contributed by atoms with Crippen LogP contribution in [-0.2, 0) is 4.79 Å². The van der Waals surface area contributed by atoms with Crippen LogP contribution < -0.4 is 16.0 Å². The third-order valence-corrected chi connectivity index (χ3v) is 3.08. The van der Waals surface area contributed by atoms with Crippen molar-refractivity contribution in [2.75, 3.05) is 23.7 Å². The first kappa shape index (κ1) is 12.1. The maximum atomic E-state index is 11.7. The van der Waals surface area contributed by atoms with Crippen molar-refractivity contribution in [3.8, 4) is 0 Å².